The van der Waals surface area contributed by atoms with Gasteiger partial charge in [-0.3, -0.25) is 9.88 Å². The topological polar surface area (TPSA) is 66.4 Å². The number of hydrogen-bond acceptors (Lipinski definition) is 8. The number of nitrogens with zero attached hydrogens (tertiary/aromatic N) is 5. The molecule has 0 atom stereocenters. The predicted molar refractivity (Wildman–Crippen MR) is 116 cm³/mol. The van der Waals surface area contributed by atoms with Crippen molar-refractivity contribution in [2.75, 3.05) is 49.6 Å². The third-order valence-electron chi connectivity index (χ3n) is 5.51. The molecular formula is C21H23FN6OS. The fourth-order valence-electron chi connectivity index (χ4n) is 3.78. The standard InChI is InChI=1S/C21H23FN6OS/c1-14-10-17(28-8-6-27(7-9-28)15-12-29-13-15)19(22)20(25-14)26-21-24-11-18(30-21)16-4-2-3-5-23-16/h2-5,10-11,15H,6-9,12-13H2,1H3,(H,24,25,26). The zero-order valence-corrected chi connectivity index (χ0v) is 17.5. The van der Waals surface area contributed by atoms with Crippen molar-refractivity contribution in [2.24, 2.45) is 0 Å². The molecule has 9 heteroatoms. The Morgan fingerprint density at radius 3 is 2.70 bits per heavy atom. The lowest BCUT2D eigenvalue weighted by Crippen LogP contribution is -2.56. The van der Waals surface area contributed by atoms with Crippen molar-refractivity contribution in [2.45, 2.75) is 13.0 Å². The number of nitrogens with one attached hydrogen (secondary N) is 1. The fourth-order valence-corrected chi connectivity index (χ4v) is 4.57. The fraction of sp³-hybridized carbons (Fsp3) is 0.381. The number of thiazole rings is 1. The molecule has 5 rings (SSSR count). The number of pyridine rings is 2. The molecule has 0 spiro atoms. The molecule has 2 aliphatic rings. The molecule has 0 aliphatic carbocycles. The summed E-state index contributed by atoms with van der Waals surface area (Å²) < 4.78 is 20.6. The van der Waals surface area contributed by atoms with Crippen LogP contribution in [-0.4, -0.2) is 65.3 Å². The number of aryl methyl sites for hydroxylation is 1. The van der Waals surface area contributed by atoms with E-state index >= 15 is 4.39 Å². The summed E-state index contributed by atoms with van der Waals surface area (Å²) in [6.07, 6.45) is 3.49. The van der Waals surface area contributed by atoms with Crippen LogP contribution in [0.3, 0.4) is 0 Å². The summed E-state index contributed by atoms with van der Waals surface area (Å²) in [6, 6.07) is 8.07. The van der Waals surface area contributed by atoms with Crippen LogP contribution in [0.25, 0.3) is 10.6 Å². The first kappa shape index (κ1) is 19.3. The molecule has 0 radical (unpaired) electrons. The molecule has 0 unspecified atom stereocenters. The summed E-state index contributed by atoms with van der Waals surface area (Å²) in [5.41, 5.74) is 2.21. The van der Waals surface area contributed by atoms with Crippen molar-refractivity contribution in [1.29, 1.82) is 0 Å². The first-order chi connectivity index (χ1) is 14.7. The lowest BCUT2D eigenvalue weighted by atomic mass is 10.1. The molecule has 0 saturated carbocycles. The van der Waals surface area contributed by atoms with Crippen LogP contribution in [0.1, 0.15) is 5.69 Å². The van der Waals surface area contributed by atoms with Crippen LogP contribution in [0, 0.1) is 12.7 Å². The van der Waals surface area contributed by atoms with Gasteiger partial charge in [0.15, 0.2) is 16.8 Å². The Balaban J connectivity index is 1.33. The van der Waals surface area contributed by atoms with E-state index in [1.807, 2.05) is 31.2 Å². The molecule has 3 aromatic heterocycles. The highest BCUT2D eigenvalue weighted by atomic mass is 32.1. The molecule has 5 heterocycles. The minimum atomic E-state index is -0.337. The summed E-state index contributed by atoms with van der Waals surface area (Å²) in [6.45, 7) is 6.91. The van der Waals surface area contributed by atoms with Crippen LogP contribution in [0.15, 0.2) is 36.7 Å². The number of aromatic nitrogens is 3. The van der Waals surface area contributed by atoms with Crippen molar-refractivity contribution in [3.63, 3.8) is 0 Å². The van der Waals surface area contributed by atoms with E-state index < -0.39 is 0 Å². The number of piperazine rings is 1. The first-order valence-corrected chi connectivity index (χ1v) is 10.9. The highest BCUT2D eigenvalue weighted by molar-refractivity contribution is 7.18. The number of anilines is 3. The molecule has 0 aromatic carbocycles. The van der Waals surface area contributed by atoms with E-state index in [1.54, 1.807) is 12.4 Å². The molecule has 0 amide bonds. The zero-order chi connectivity index (χ0) is 20.5. The van der Waals surface area contributed by atoms with Gasteiger partial charge >= 0.3 is 0 Å². The van der Waals surface area contributed by atoms with E-state index in [-0.39, 0.29) is 11.6 Å². The number of halogens is 1. The van der Waals surface area contributed by atoms with Crippen LogP contribution in [0.2, 0.25) is 0 Å². The zero-order valence-electron chi connectivity index (χ0n) is 16.7. The molecule has 156 valence electrons. The molecular weight excluding hydrogens is 403 g/mol. The van der Waals surface area contributed by atoms with Gasteiger partial charge in [-0.25, -0.2) is 14.4 Å². The molecule has 1 N–H and O–H groups in total. The minimum absolute atomic E-state index is 0.210. The number of ether oxygens (including phenoxy) is 1. The molecule has 30 heavy (non-hydrogen) atoms. The maximum Gasteiger partial charge on any atom is 0.189 e. The van der Waals surface area contributed by atoms with Crippen LogP contribution in [-0.2, 0) is 4.74 Å². The van der Waals surface area contributed by atoms with Crippen LogP contribution >= 0.6 is 11.3 Å². The summed E-state index contributed by atoms with van der Waals surface area (Å²) in [7, 11) is 0. The van der Waals surface area contributed by atoms with E-state index in [2.05, 4.69) is 30.1 Å². The van der Waals surface area contributed by atoms with Gasteiger partial charge in [0.05, 0.1) is 35.5 Å². The van der Waals surface area contributed by atoms with Gasteiger partial charge in [-0.2, -0.15) is 0 Å². The average Bonchev–Trinajstić information content (AvgIpc) is 3.19. The van der Waals surface area contributed by atoms with Gasteiger partial charge in [0.1, 0.15) is 0 Å². The Morgan fingerprint density at radius 2 is 2.00 bits per heavy atom. The van der Waals surface area contributed by atoms with Gasteiger partial charge < -0.3 is 15.0 Å². The summed E-state index contributed by atoms with van der Waals surface area (Å²) in [4.78, 5) is 18.5. The Kier molecular flexibility index (Phi) is 5.32. The first-order valence-electron chi connectivity index (χ1n) is 10.1. The van der Waals surface area contributed by atoms with Gasteiger partial charge in [-0.1, -0.05) is 17.4 Å². The van der Waals surface area contributed by atoms with Gasteiger partial charge in [0, 0.05) is 44.3 Å². The van der Waals surface area contributed by atoms with Crippen LogP contribution in [0.5, 0.6) is 0 Å². The third kappa shape index (κ3) is 3.88. The second-order valence-corrected chi connectivity index (χ2v) is 8.56. The highest BCUT2D eigenvalue weighted by Gasteiger charge is 2.30. The van der Waals surface area contributed by atoms with Crippen molar-refractivity contribution in [3.05, 3.63) is 48.2 Å². The molecule has 2 aliphatic heterocycles. The number of hydrogen-bond donors (Lipinski definition) is 1. The minimum Gasteiger partial charge on any atom is -0.378 e. The van der Waals surface area contributed by atoms with E-state index in [0.29, 0.717) is 16.9 Å². The average molecular weight is 427 g/mol. The quantitative estimate of drug-likeness (QED) is 0.671. The SMILES string of the molecule is Cc1cc(N2CCN(C3COC3)CC2)c(F)c(Nc2ncc(-c3ccccn3)s2)n1. The van der Waals surface area contributed by atoms with E-state index in [4.69, 9.17) is 4.74 Å². The van der Waals surface area contributed by atoms with E-state index in [9.17, 15) is 0 Å². The van der Waals surface area contributed by atoms with E-state index in [0.717, 1.165) is 55.7 Å². The van der Waals surface area contributed by atoms with Crippen molar-refractivity contribution in [1.82, 2.24) is 19.9 Å². The smallest absolute Gasteiger partial charge is 0.189 e. The van der Waals surface area contributed by atoms with Crippen molar-refractivity contribution in [3.8, 4) is 10.6 Å². The lowest BCUT2D eigenvalue weighted by Gasteiger charge is -2.43. The Bertz CT molecular complexity index is 1020. The largest absolute Gasteiger partial charge is 0.378 e. The summed E-state index contributed by atoms with van der Waals surface area (Å²) in [5.74, 6) is -0.127. The Labute approximate surface area is 178 Å². The van der Waals surface area contributed by atoms with Crippen molar-refractivity contribution >= 4 is 28.0 Å². The van der Waals surface area contributed by atoms with Gasteiger partial charge in [-0.15, -0.1) is 0 Å². The predicted octanol–water partition coefficient (Wildman–Crippen LogP) is 3.31. The van der Waals surface area contributed by atoms with Gasteiger partial charge in [0.25, 0.3) is 0 Å². The lowest BCUT2D eigenvalue weighted by molar-refractivity contribution is -0.0660. The Morgan fingerprint density at radius 1 is 1.17 bits per heavy atom. The Hall–Kier alpha value is -2.62. The maximum atomic E-state index is 15.3. The highest BCUT2D eigenvalue weighted by Crippen LogP contribution is 2.32. The third-order valence-corrected chi connectivity index (χ3v) is 6.44. The molecule has 0 bridgehead atoms. The summed E-state index contributed by atoms with van der Waals surface area (Å²) >= 11 is 1.43. The molecule has 2 fully saturated rings. The monoisotopic (exact) mass is 426 g/mol. The number of rotatable bonds is 5. The van der Waals surface area contributed by atoms with E-state index in [1.165, 1.54) is 11.3 Å². The molecule has 7 nitrogen and oxygen atoms in total. The van der Waals surface area contributed by atoms with Gasteiger partial charge in [-0.05, 0) is 25.1 Å². The second-order valence-electron chi connectivity index (χ2n) is 7.53. The van der Waals surface area contributed by atoms with Crippen LogP contribution in [0.4, 0.5) is 21.0 Å². The normalized spacial score (nSPS) is 17.7. The maximum absolute atomic E-state index is 15.3. The summed E-state index contributed by atoms with van der Waals surface area (Å²) in [5, 5.41) is 3.66. The van der Waals surface area contributed by atoms with Gasteiger partial charge in [0.2, 0.25) is 0 Å². The molecule has 2 saturated heterocycles. The van der Waals surface area contributed by atoms with Crippen molar-refractivity contribution < 1.29 is 9.13 Å². The second kappa shape index (κ2) is 8.25. The van der Waals surface area contributed by atoms with Crippen LogP contribution < -0.4 is 10.2 Å². The molecule has 3 aromatic rings.